The SMILES string of the molecule is O=S(=O)(Cc1ccc(C(F)(F)F)cc1)N1CCC(c2ccncc2)CC1. The van der Waals surface area contributed by atoms with Gasteiger partial charge in [-0.15, -0.1) is 0 Å². The number of rotatable bonds is 4. The molecule has 0 aliphatic carbocycles. The largest absolute Gasteiger partial charge is 0.416 e. The molecule has 1 saturated heterocycles. The molecular formula is C18H19F3N2O2S. The Morgan fingerprint density at radius 1 is 1.00 bits per heavy atom. The average Bonchev–Trinajstić information content (AvgIpc) is 2.62. The van der Waals surface area contributed by atoms with Crippen molar-refractivity contribution in [3.8, 4) is 0 Å². The lowest BCUT2D eigenvalue weighted by Gasteiger charge is -2.31. The molecule has 2 aromatic rings. The molecule has 1 aliphatic rings. The molecule has 1 aromatic heterocycles. The van der Waals surface area contributed by atoms with Crippen LogP contribution < -0.4 is 0 Å². The zero-order chi connectivity index (χ0) is 18.8. The number of halogens is 3. The molecule has 1 fully saturated rings. The van der Waals surface area contributed by atoms with Crippen molar-refractivity contribution in [1.82, 2.24) is 9.29 Å². The minimum atomic E-state index is -4.42. The molecule has 0 saturated carbocycles. The van der Waals surface area contributed by atoms with Crippen LogP contribution in [0, 0.1) is 0 Å². The molecule has 2 heterocycles. The van der Waals surface area contributed by atoms with Crippen molar-refractivity contribution in [2.45, 2.75) is 30.7 Å². The van der Waals surface area contributed by atoms with Gasteiger partial charge in [-0.2, -0.15) is 13.2 Å². The summed E-state index contributed by atoms with van der Waals surface area (Å²) in [7, 11) is -3.55. The van der Waals surface area contributed by atoms with E-state index in [0.717, 1.165) is 30.5 Å². The molecule has 0 bridgehead atoms. The molecular weight excluding hydrogens is 365 g/mol. The normalized spacial score (nSPS) is 17.3. The second kappa shape index (κ2) is 7.36. The Bertz CT molecular complexity index is 829. The third-order valence-electron chi connectivity index (χ3n) is 4.66. The smallest absolute Gasteiger partial charge is 0.265 e. The maximum Gasteiger partial charge on any atom is 0.416 e. The summed E-state index contributed by atoms with van der Waals surface area (Å²) in [6, 6.07) is 8.17. The van der Waals surface area contributed by atoms with Gasteiger partial charge in [0.2, 0.25) is 10.0 Å². The topological polar surface area (TPSA) is 50.3 Å². The minimum absolute atomic E-state index is 0.287. The van der Waals surface area contributed by atoms with Gasteiger partial charge in [0.25, 0.3) is 0 Å². The van der Waals surface area contributed by atoms with Gasteiger partial charge >= 0.3 is 6.18 Å². The van der Waals surface area contributed by atoms with Gasteiger partial charge in [-0.05, 0) is 54.2 Å². The summed E-state index contributed by atoms with van der Waals surface area (Å²) in [5.41, 5.74) is 0.728. The monoisotopic (exact) mass is 384 g/mol. The second-order valence-corrected chi connectivity index (χ2v) is 8.37. The highest BCUT2D eigenvalue weighted by Crippen LogP contribution is 2.31. The highest BCUT2D eigenvalue weighted by molar-refractivity contribution is 7.88. The minimum Gasteiger partial charge on any atom is -0.265 e. The quantitative estimate of drug-likeness (QED) is 0.806. The van der Waals surface area contributed by atoms with E-state index in [2.05, 4.69) is 4.98 Å². The molecule has 0 spiro atoms. The summed E-state index contributed by atoms with van der Waals surface area (Å²) in [5.74, 6) is 0.0148. The predicted octanol–water partition coefficient (Wildman–Crippen LogP) is 3.81. The molecule has 8 heteroatoms. The number of benzene rings is 1. The predicted molar refractivity (Wildman–Crippen MR) is 91.9 cm³/mol. The Hall–Kier alpha value is -1.93. The van der Waals surface area contributed by atoms with Gasteiger partial charge in [-0.25, -0.2) is 12.7 Å². The standard InChI is InChI=1S/C18H19F3N2O2S/c19-18(20,21)17-3-1-14(2-4-17)13-26(24,25)23-11-7-16(8-12-23)15-5-9-22-10-6-15/h1-6,9-10,16H,7-8,11-13H2. The number of hydrogen-bond acceptors (Lipinski definition) is 3. The molecule has 1 aromatic carbocycles. The molecule has 0 unspecified atom stereocenters. The van der Waals surface area contributed by atoms with Crippen LogP contribution in [0.15, 0.2) is 48.8 Å². The van der Waals surface area contributed by atoms with E-state index in [-0.39, 0.29) is 5.75 Å². The van der Waals surface area contributed by atoms with E-state index in [4.69, 9.17) is 0 Å². The summed E-state index contributed by atoms with van der Waals surface area (Å²) in [4.78, 5) is 3.99. The Morgan fingerprint density at radius 2 is 1.58 bits per heavy atom. The summed E-state index contributed by atoms with van der Waals surface area (Å²) in [6.07, 6.45) is 0.463. The van der Waals surface area contributed by atoms with E-state index >= 15 is 0 Å². The summed E-state index contributed by atoms with van der Waals surface area (Å²) >= 11 is 0. The summed E-state index contributed by atoms with van der Waals surface area (Å²) in [5, 5.41) is 0. The van der Waals surface area contributed by atoms with E-state index in [1.54, 1.807) is 12.4 Å². The zero-order valence-corrected chi connectivity index (χ0v) is 14.8. The summed E-state index contributed by atoms with van der Waals surface area (Å²) in [6.45, 7) is 0.825. The van der Waals surface area contributed by atoms with Crippen molar-refractivity contribution >= 4 is 10.0 Å². The Labute approximate surface area is 150 Å². The number of sulfonamides is 1. The van der Waals surface area contributed by atoms with Crippen LogP contribution in [0.2, 0.25) is 0 Å². The van der Waals surface area contributed by atoms with Crippen molar-refractivity contribution < 1.29 is 21.6 Å². The van der Waals surface area contributed by atoms with E-state index in [9.17, 15) is 21.6 Å². The van der Waals surface area contributed by atoms with Crippen LogP contribution in [0.4, 0.5) is 13.2 Å². The van der Waals surface area contributed by atoms with Gasteiger partial charge in [0, 0.05) is 25.5 Å². The molecule has 0 amide bonds. The highest BCUT2D eigenvalue weighted by atomic mass is 32.2. The molecule has 26 heavy (non-hydrogen) atoms. The third kappa shape index (κ3) is 4.42. The van der Waals surface area contributed by atoms with Crippen LogP contribution in [0.3, 0.4) is 0 Å². The number of aromatic nitrogens is 1. The van der Waals surface area contributed by atoms with Crippen LogP contribution >= 0.6 is 0 Å². The number of nitrogens with zero attached hydrogens (tertiary/aromatic N) is 2. The van der Waals surface area contributed by atoms with E-state index in [1.165, 1.54) is 16.4 Å². The third-order valence-corrected chi connectivity index (χ3v) is 6.51. The van der Waals surface area contributed by atoms with Gasteiger partial charge < -0.3 is 0 Å². The number of hydrogen-bond donors (Lipinski definition) is 0. The molecule has 140 valence electrons. The van der Waals surface area contributed by atoms with Crippen LogP contribution in [-0.2, 0) is 22.0 Å². The van der Waals surface area contributed by atoms with Gasteiger partial charge in [0.15, 0.2) is 0 Å². The number of pyridine rings is 1. The lowest BCUT2D eigenvalue weighted by Crippen LogP contribution is -2.38. The zero-order valence-electron chi connectivity index (χ0n) is 14.0. The first kappa shape index (κ1) is 18.8. The Balaban J connectivity index is 1.62. The van der Waals surface area contributed by atoms with Crippen molar-refractivity contribution in [2.24, 2.45) is 0 Å². The van der Waals surface area contributed by atoms with Crippen LogP contribution in [0.1, 0.15) is 35.4 Å². The van der Waals surface area contributed by atoms with E-state index in [0.29, 0.717) is 24.6 Å². The van der Waals surface area contributed by atoms with E-state index < -0.39 is 21.8 Å². The van der Waals surface area contributed by atoms with Gasteiger partial charge in [0.1, 0.15) is 0 Å². The molecule has 3 rings (SSSR count). The lowest BCUT2D eigenvalue weighted by atomic mass is 9.91. The Kier molecular flexibility index (Phi) is 5.34. The first-order valence-corrected chi connectivity index (χ1v) is 9.90. The van der Waals surface area contributed by atoms with Crippen molar-refractivity contribution in [2.75, 3.05) is 13.1 Å². The van der Waals surface area contributed by atoms with Crippen molar-refractivity contribution in [3.63, 3.8) is 0 Å². The molecule has 0 radical (unpaired) electrons. The lowest BCUT2D eigenvalue weighted by molar-refractivity contribution is -0.137. The fourth-order valence-electron chi connectivity index (χ4n) is 3.19. The van der Waals surface area contributed by atoms with Gasteiger partial charge in [0.05, 0.1) is 11.3 Å². The van der Waals surface area contributed by atoms with Crippen molar-refractivity contribution in [1.29, 1.82) is 0 Å². The summed E-state index contributed by atoms with van der Waals surface area (Å²) < 4.78 is 64.4. The molecule has 0 N–H and O–H groups in total. The number of alkyl halides is 3. The van der Waals surface area contributed by atoms with Gasteiger partial charge in [-0.3, -0.25) is 4.98 Å². The van der Waals surface area contributed by atoms with E-state index in [1.807, 2.05) is 12.1 Å². The highest BCUT2D eigenvalue weighted by Gasteiger charge is 2.31. The fourth-order valence-corrected chi connectivity index (χ4v) is 4.76. The maximum atomic E-state index is 12.6. The van der Waals surface area contributed by atoms with Gasteiger partial charge in [-0.1, -0.05) is 12.1 Å². The second-order valence-electron chi connectivity index (χ2n) is 6.40. The average molecular weight is 384 g/mol. The number of piperidine rings is 1. The van der Waals surface area contributed by atoms with Crippen LogP contribution in [0.25, 0.3) is 0 Å². The molecule has 1 aliphatic heterocycles. The fraction of sp³-hybridized carbons (Fsp3) is 0.389. The first-order valence-electron chi connectivity index (χ1n) is 8.29. The van der Waals surface area contributed by atoms with Crippen molar-refractivity contribution in [3.05, 3.63) is 65.5 Å². The Morgan fingerprint density at radius 3 is 2.12 bits per heavy atom. The van der Waals surface area contributed by atoms with Crippen LogP contribution in [-0.4, -0.2) is 30.8 Å². The first-order chi connectivity index (χ1) is 12.3. The maximum absolute atomic E-state index is 12.6. The van der Waals surface area contributed by atoms with Crippen LogP contribution in [0.5, 0.6) is 0 Å². The molecule has 4 nitrogen and oxygen atoms in total. The molecule has 0 atom stereocenters.